The van der Waals surface area contributed by atoms with E-state index in [9.17, 15) is 4.79 Å². The lowest BCUT2D eigenvalue weighted by molar-refractivity contribution is 0.0703. The number of benzene rings is 1. The molecule has 146 valence electrons. The van der Waals surface area contributed by atoms with E-state index in [1.807, 2.05) is 69.3 Å². The molecule has 1 saturated heterocycles. The number of hydrogen-bond acceptors (Lipinski definition) is 5. The number of carbonyl (C=O) groups is 1. The van der Waals surface area contributed by atoms with Crippen LogP contribution in [0.3, 0.4) is 0 Å². The van der Waals surface area contributed by atoms with E-state index >= 15 is 0 Å². The molecule has 2 aromatic rings. The Morgan fingerprint density at radius 2 is 2.00 bits per heavy atom. The summed E-state index contributed by atoms with van der Waals surface area (Å²) in [6.45, 7) is 2.25. The highest BCUT2D eigenvalue weighted by atomic mass is 16.2. The molecular weight excluding hydrogens is 340 g/mol. The van der Waals surface area contributed by atoms with E-state index in [-0.39, 0.29) is 11.8 Å². The summed E-state index contributed by atoms with van der Waals surface area (Å²) in [6.07, 6.45) is 2.02. The molecule has 1 atom stereocenters. The summed E-state index contributed by atoms with van der Waals surface area (Å²) >= 11 is 0. The molecular formula is C20H30N6O. The first-order valence-electron chi connectivity index (χ1n) is 9.46. The average Bonchev–Trinajstić information content (AvgIpc) is 3.01. The zero-order chi connectivity index (χ0) is 19.6. The molecule has 1 aliphatic rings. The van der Waals surface area contributed by atoms with Gasteiger partial charge in [-0.15, -0.1) is 10.2 Å². The van der Waals surface area contributed by atoms with E-state index in [0.29, 0.717) is 6.54 Å². The SMILES string of the molecule is CN(C)Cc1nnc([C@H]2CCCN(C(=O)c3cccc(N(C)C)c3)C2)n1C. The van der Waals surface area contributed by atoms with E-state index < -0.39 is 0 Å². The molecule has 7 nitrogen and oxygen atoms in total. The fourth-order valence-electron chi connectivity index (χ4n) is 3.62. The van der Waals surface area contributed by atoms with Gasteiger partial charge in [-0.1, -0.05) is 6.07 Å². The second-order valence-electron chi connectivity index (χ2n) is 7.81. The summed E-state index contributed by atoms with van der Waals surface area (Å²) in [4.78, 5) is 19.1. The van der Waals surface area contributed by atoms with Crippen molar-refractivity contribution in [3.8, 4) is 0 Å². The van der Waals surface area contributed by atoms with Crippen LogP contribution in [0.5, 0.6) is 0 Å². The molecule has 2 heterocycles. The maximum Gasteiger partial charge on any atom is 0.253 e. The Hall–Kier alpha value is -2.41. The highest BCUT2D eigenvalue weighted by Gasteiger charge is 2.29. The van der Waals surface area contributed by atoms with Crippen molar-refractivity contribution in [2.45, 2.75) is 25.3 Å². The van der Waals surface area contributed by atoms with Crippen LogP contribution in [0.2, 0.25) is 0 Å². The molecule has 0 unspecified atom stereocenters. The van der Waals surface area contributed by atoms with Crippen molar-refractivity contribution in [2.75, 3.05) is 46.2 Å². The maximum absolute atomic E-state index is 13.0. The van der Waals surface area contributed by atoms with Crippen molar-refractivity contribution >= 4 is 11.6 Å². The van der Waals surface area contributed by atoms with Gasteiger partial charge in [-0.25, -0.2) is 0 Å². The lowest BCUT2D eigenvalue weighted by Gasteiger charge is -2.32. The number of anilines is 1. The van der Waals surface area contributed by atoms with Crippen LogP contribution in [0.15, 0.2) is 24.3 Å². The molecule has 0 aliphatic carbocycles. The van der Waals surface area contributed by atoms with Crippen LogP contribution >= 0.6 is 0 Å². The van der Waals surface area contributed by atoms with Gasteiger partial charge in [0.05, 0.1) is 6.54 Å². The molecule has 27 heavy (non-hydrogen) atoms. The Morgan fingerprint density at radius 1 is 1.22 bits per heavy atom. The van der Waals surface area contributed by atoms with Crippen molar-refractivity contribution < 1.29 is 4.79 Å². The lowest BCUT2D eigenvalue weighted by atomic mass is 9.96. The van der Waals surface area contributed by atoms with Crippen molar-refractivity contribution in [3.05, 3.63) is 41.5 Å². The smallest absolute Gasteiger partial charge is 0.253 e. The Morgan fingerprint density at radius 3 is 2.70 bits per heavy atom. The molecule has 0 N–H and O–H groups in total. The molecule has 1 aliphatic heterocycles. The highest BCUT2D eigenvalue weighted by molar-refractivity contribution is 5.95. The average molecular weight is 371 g/mol. The van der Waals surface area contributed by atoms with Gasteiger partial charge in [-0.05, 0) is 45.1 Å². The number of likely N-dealkylation sites (tertiary alicyclic amines) is 1. The minimum Gasteiger partial charge on any atom is -0.378 e. The molecule has 7 heteroatoms. The van der Waals surface area contributed by atoms with Crippen LogP contribution in [0, 0.1) is 0 Å². The minimum atomic E-state index is 0.0964. The Bertz CT molecular complexity index is 798. The normalized spacial score (nSPS) is 17.4. The third kappa shape index (κ3) is 4.30. The van der Waals surface area contributed by atoms with Gasteiger partial charge >= 0.3 is 0 Å². The molecule has 1 fully saturated rings. The Balaban J connectivity index is 1.75. The van der Waals surface area contributed by atoms with E-state index in [4.69, 9.17) is 0 Å². The van der Waals surface area contributed by atoms with Gasteiger partial charge < -0.3 is 19.3 Å². The second kappa shape index (κ2) is 8.08. The van der Waals surface area contributed by atoms with Crippen LogP contribution in [-0.2, 0) is 13.6 Å². The van der Waals surface area contributed by atoms with Gasteiger partial charge in [0, 0.05) is 51.4 Å². The molecule has 0 saturated carbocycles. The fourth-order valence-corrected chi connectivity index (χ4v) is 3.62. The van der Waals surface area contributed by atoms with E-state index in [2.05, 4.69) is 19.7 Å². The summed E-state index contributed by atoms with van der Waals surface area (Å²) in [6, 6.07) is 7.82. The Labute approximate surface area is 161 Å². The molecule has 1 amide bonds. The zero-order valence-corrected chi connectivity index (χ0v) is 17.0. The van der Waals surface area contributed by atoms with Gasteiger partial charge in [0.1, 0.15) is 11.6 Å². The van der Waals surface area contributed by atoms with E-state index in [0.717, 1.165) is 48.8 Å². The predicted molar refractivity (Wildman–Crippen MR) is 107 cm³/mol. The van der Waals surface area contributed by atoms with Gasteiger partial charge in [-0.2, -0.15) is 0 Å². The minimum absolute atomic E-state index is 0.0964. The Kier molecular flexibility index (Phi) is 5.79. The maximum atomic E-state index is 13.0. The number of nitrogens with zero attached hydrogens (tertiary/aromatic N) is 6. The first kappa shape index (κ1) is 19.4. The first-order valence-corrected chi connectivity index (χ1v) is 9.46. The fraction of sp³-hybridized carbons (Fsp3) is 0.550. The van der Waals surface area contributed by atoms with Crippen LogP contribution in [0.1, 0.15) is 40.8 Å². The molecule has 1 aromatic carbocycles. The summed E-state index contributed by atoms with van der Waals surface area (Å²) in [5.74, 6) is 2.26. The number of rotatable bonds is 5. The summed E-state index contributed by atoms with van der Waals surface area (Å²) < 4.78 is 2.09. The number of aromatic nitrogens is 3. The summed E-state index contributed by atoms with van der Waals surface area (Å²) in [5.41, 5.74) is 1.78. The quantitative estimate of drug-likeness (QED) is 0.805. The molecule has 0 bridgehead atoms. The predicted octanol–water partition coefficient (Wildman–Crippen LogP) is 1.96. The number of carbonyl (C=O) groups excluding carboxylic acids is 1. The van der Waals surface area contributed by atoms with Crippen LogP contribution in [0.25, 0.3) is 0 Å². The third-order valence-corrected chi connectivity index (χ3v) is 5.14. The number of amides is 1. The van der Waals surface area contributed by atoms with E-state index in [1.165, 1.54) is 0 Å². The van der Waals surface area contributed by atoms with Gasteiger partial charge in [0.2, 0.25) is 0 Å². The largest absolute Gasteiger partial charge is 0.378 e. The van der Waals surface area contributed by atoms with Crippen LogP contribution < -0.4 is 4.90 Å². The summed E-state index contributed by atoms with van der Waals surface area (Å²) in [5, 5.41) is 8.79. The van der Waals surface area contributed by atoms with Gasteiger partial charge in [-0.3, -0.25) is 4.79 Å². The molecule has 1 aromatic heterocycles. The van der Waals surface area contributed by atoms with Crippen LogP contribution in [-0.4, -0.2) is 71.8 Å². The molecule has 3 rings (SSSR count). The third-order valence-electron chi connectivity index (χ3n) is 5.14. The summed E-state index contributed by atoms with van der Waals surface area (Å²) in [7, 11) is 10.0. The highest BCUT2D eigenvalue weighted by Crippen LogP contribution is 2.27. The van der Waals surface area contributed by atoms with Crippen LogP contribution in [0.4, 0.5) is 5.69 Å². The van der Waals surface area contributed by atoms with Crippen molar-refractivity contribution in [3.63, 3.8) is 0 Å². The first-order chi connectivity index (χ1) is 12.9. The van der Waals surface area contributed by atoms with Gasteiger partial charge in [0.25, 0.3) is 5.91 Å². The standard InChI is InChI=1S/C20H30N6O/c1-23(2)14-18-21-22-19(25(18)5)16-9-7-11-26(13-16)20(27)15-8-6-10-17(12-15)24(3)4/h6,8,10,12,16H,7,9,11,13-14H2,1-5H3/t16-/m0/s1. The van der Waals surface area contributed by atoms with Crippen molar-refractivity contribution in [2.24, 2.45) is 7.05 Å². The molecule has 0 radical (unpaired) electrons. The van der Waals surface area contributed by atoms with Crippen molar-refractivity contribution in [1.29, 1.82) is 0 Å². The zero-order valence-electron chi connectivity index (χ0n) is 17.0. The lowest BCUT2D eigenvalue weighted by Crippen LogP contribution is -2.39. The number of piperidine rings is 1. The number of hydrogen-bond donors (Lipinski definition) is 0. The molecule has 0 spiro atoms. The van der Waals surface area contributed by atoms with E-state index in [1.54, 1.807) is 0 Å². The van der Waals surface area contributed by atoms with Gasteiger partial charge in [0.15, 0.2) is 0 Å². The monoisotopic (exact) mass is 370 g/mol. The van der Waals surface area contributed by atoms with Crippen molar-refractivity contribution in [1.82, 2.24) is 24.6 Å². The second-order valence-corrected chi connectivity index (χ2v) is 7.81. The topological polar surface area (TPSA) is 57.5 Å².